The van der Waals surface area contributed by atoms with Crippen LogP contribution in [-0.2, 0) is 19.7 Å². The average Bonchev–Trinajstić information content (AvgIpc) is 3.20. The molecule has 0 fully saturated rings. The Hall–Kier alpha value is -3.11. The molecule has 4 aromatic rings. The molecule has 28 heavy (non-hydrogen) atoms. The Morgan fingerprint density at radius 3 is 2.64 bits per heavy atom. The average molecular weight is 372 g/mol. The number of ether oxygens (including phenoxy) is 1. The van der Waals surface area contributed by atoms with Crippen LogP contribution in [-0.4, -0.2) is 4.98 Å². The van der Waals surface area contributed by atoms with Gasteiger partial charge in [0.1, 0.15) is 12.4 Å². The number of nitrogens with zero attached hydrogens (tertiary/aromatic N) is 1. The Balaban J connectivity index is 1.57. The molecule has 0 unspecified atom stereocenters. The minimum absolute atomic E-state index is 0.497. The number of aryl methyl sites for hydroxylation is 2. The molecule has 0 radical (unpaired) electrons. The van der Waals surface area contributed by atoms with E-state index in [4.69, 9.17) is 14.1 Å². The molecule has 4 nitrogen and oxygen atoms in total. The van der Waals surface area contributed by atoms with Crippen LogP contribution < -0.4 is 10.1 Å². The zero-order valence-electron chi connectivity index (χ0n) is 16.2. The Kier molecular flexibility index (Phi) is 5.40. The van der Waals surface area contributed by atoms with Gasteiger partial charge in [-0.05, 0) is 49.2 Å². The highest BCUT2D eigenvalue weighted by molar-refractivity contribution is 5.80. The van der Waals surface area contributed by atoms with Crippen molar-refractivity contribution < 1.29 is 9.15 Å². The molecular formula is C24H24N2O2. The summed E-state index contributed by atoms with van der Waals surface area (Å²) in [5.41, 5.74) is 5.54. The van der Waals surface area contributed by atoms with Gasteiger partial charge in [0.05, 0.1) is 18.3 Å². The molecule has 0 bridgehead atoms. The molecule has 4 rings (SSSR count). The van der Waals surface area contributed by atoms with E-state index < -0.39 is 0 Å². The van der Waals surface area contributed by atoms with Gasteiger partial charge >= 0.3 is 0 Å². The quantitative estimate of drug-likeness (QED) is 0.477. The van der Waals surface area contributed by atoms with Crippen LogP contribution in [0.25, 0.3) is 10.9 Å². The summed E-state index contributed by atoms with van der Waals surface area (Å²) in [5, 5.41) is 4.53. The van der Waals surface area contributed by atoms with Crippen LogP contribution >= 0.6 is 0 Å². The van der Waals surface area contributed by atoms with Gasteiger partial charge in [-0.2, -0.15) is 0 Å². The second kappa shape index (κ2) is 8.28. The lowest BCUT2D eigenvalue weighted by molar-refractivity contribution is 0.290. The first-order chi connectivity index (χ1) is 13.7. The third kappa shape index (κ3) is 4.41. The number of fused-ring (bicyclic) bond motifs is 1. The summed E-state index contributed by atoms with van der Waals surface area (Å²) < 4.78 is 11.5. The Labute approximate surface area is 165 Å². The first-order valence-electron chi connectivity index (χ1n) is 9.49. The van der Waals surface area contributed by atoms with Crippen LogP contribution in [0.5, 0.6) is 5.88 Å². The molecule has 142 valence electrons. The van der Waals surface area contributed by atoms with E-state index in [0.717, 1.165) is 27.8 Å². The highest BCUT2D eigenvalue weighted by atomic mass is 16.5. The summed E-state index contributed by atoms with van der Waals surface area (Å²) >= 11 is 0. The van der Waals surface area contributed by atoms with E-state index in [9.17, 15) is 0 Å². The highest BCUT2D eigenvalue weighted by Gasteiger charge is 2.10. The van der Waals surface area contributed by atoms with Crippen LogP contribution in [0.1, 0.15) is 28.0 Å². The smallest absolute Gasteiger partial charge is 0.218 e. The fourth-order valence-corrected chi connectivity index (χ4v) is 3.24. The Bertz CT molecular complexity index is 1070. The summed E-state index contributed by atoms with van der Waals surface area (Å²) in [7, 11) is 0. The topological polar surface area (TPSA) is 47.3 Å². The maximum absolute atomic E-state index is 6.14. The molecule has 0 atom stereocenters. The van der Waals surface area contributed by atoms with E-state index in [1.54, 1.807) is 6.26 Å². The fourth-order valence-electron chi connectivity index (χ4n) is 3.24. The van der Waals surface area contributed by atoms with E-state index in [1.165, 1.54) is 11.1 Å². The lowest BCUT2D eigenvalue weighted by Crippen LogP contribution is -2.14. The van der Waals surface area contributed by atoms with Crippen molar-refractivity contribution in [3.05, 3.63) is 94.9 Å². The Morgan fingerprint density at radius 1 is 0.929 bits per heavy atom. The summed E-state index contributed by atoms with van der Waals surface area (Å²) in [6, 6.07) is 20.7. The zero-order valence-corrected chi connectivity index (χ0v) is 16.2. The maximum Gasteiger partial charge on any atom is 0.218 e. The summed E-state index contributed by atoms with van der Waals surface area (Å²) in [6.07, 6.45) is 1.69. The van der Waals surface area contributed by atoms with Gasteiger partial charge in [-0.15, -0.1) is 0 Å². The van der Waals surface area contributed by atoms with Crippen molar-refractivity contribution in [2.24, 2.45) is 0 Å². The van der Waals surface area contributed by atoms with E-state index in [-0.39, 0.29) is 0 Å². The van der Waals surface area contributed by atoms with Gasteiger partial charge in [-0.1, -0.05) is 42.0 Å². The van der Waals surface area contributed by atoms with Crippen LogP contribution in [0, 0.1) is 13.8 Å². The van der Waals surface area contributed by atoms with Crippen molar-refractivity contribution in [1.82, 2.24) is 10.3 Å². The van der Waals surface area contributed by atoms with Crippen LogP contribution in [0.4, 0.5) is 0 Å². The van der Waals surface area contributed by atoms with E-state index >= 15 is 0 Å². The monoisotopic (exact) mass is 372 g/mol. The molecule has 0 aliphatic carbocycles. The number of pyridine rings is 1. The van der Waals surface area contributed by atoms with Crippen molar-refractivity contribution in [2.75, 3.05) is 0 Å². The van der Waals surface area contributed by atoms with Gasteiger partial charge < -0.3 is 14.5 Å². The molecule has 2 heterocycles. The molecule has 0 saturated heterocycles. The third-order valence-corrected chi connectivity index (χ3v) is 4.67. The summed E-state index contributed by atoms with van der Waals surface area (Å²) in [5.74, 6) is 1.58. The SMILES string of the molecule is Cc1cccc(COc2nc3cc(C)ccc3cc2CNCc2ccco2)c1. The number of benzene rings is 2. The van der Waals surface area contributed by atoms with Gasteiger partial charge in [0.2, 0.25) is 5.88 Å². The molecule has 0 saturated carbocycles. The summed E-state index contributed by atoms with van der Waals surface area (Å²) in [4.78, 5) is 4.80. The van der Waals surface area contributed by atoms with Crippen molar-refractivity contribution in [1.29, 1.82) is 0 Å². The normalized spacial score (nSPS) is 11.1. The molecule has 2 aromatic carbocycles. The molecular weight excluding hydrogens is 348 g/mol. The lowest BCUT2D eigenvalue weighted by atomic mass is 10.1. The minimum Gasteiger partial charge on any atom is -0.473 e. The number of nitrogens with one attached hydrogen (secondary N) is 1. The van der Waals surface area contributed by atoms with Crippen LogP contribution in [0.3, 0.4) is 0 Å². The first-order valence-corrected chi connectivity index (χ1v) is 9.49. The predicted octanol–water partition coefficient (Wildman–Crippen LogP) is 5.31. The van der Waals surface area contributed by atoms with Crippen molar-refractivity contribution in [3.8, 4) is 5.88 Å². The minimum atomic E-state index is 0.497. The first kappa shape index (κ1) is 18.3. The molecule has 1 N–H and O–H groups in total. The third-order valence-electron chi connectivity index (χ3n) is 4.67. The molecule has 0 amide bonds. The van der Waals surface area contributed by atoms with Gasteiger partial charge in [0.25, 0.3) is 0 Å². The molecule has 2 aromatic heterocycles. The van der Waals surface area contributed by atoms with E-state index in [2.05, 4.69) is 67.7 Å². The maximum atomic E-state index is 6.14. The second-order valence-corrected chi connectivity index (χ2v) is 7.11. The summed E-state index contributed by atoms with van der Waals surface area (Å²) in [6.45, 7) is 5.98. The van der Waals surface area contributed by atoms with Gasteiger partial charge in [-0.25, -0.2) is 4.98 Å². The van der Waals surface area contributed by atoms with Gasteiger partial charge in [-0.3, -0.25) is 0 Å². The molecule has 0 aliphatic heterocycles. The highest BCUT2D eigenvalue weighted by Crippen LogP contribution is 2.24. The standard InChI is InChI=1S/C24H24N2O2/c1-17-5-3-6-19(11-17)16-28-24-21(14-25-15-22-7-4-10-27-22)13-20-9-8-18(2)12-23(20)26-24/h3-13,25H,14-16H2,1-2H3. The fraction of sp³-hybridized carbons (Fsp3) is 0.208. The van der Waals surface area contributed by atoms with Crippen molar-refractivity contribution in [3.63, 3.8) is 0 Å². The van der Waals surface area contributed by atoms with Crippen molar-refractivity contribution in [2.45, 2.75) is 33.5 Å². The predicted molar refractivity (Wildman–Crippen MR) is 111 cm³/mol. The molecule has 0 aliphatic rings. The van der Waals surface area contributed by atoms with Crippen LogP contribution in [0.2, 0.25) is 0 Å². The number of furan rings is 1. The lowest BCUT2D eigenvalue weighted by Gasteiger charge is -2.13. The van der Waals surface area contributed by atoms with Crippen molar-refractivity contribution >= 4 is 10.9 Å². The largest absolute Gasteiger partial charge is 0.473 e. The second-order valence-electron chi connectivity index (χ2n) is 7.11. The van der Waals surface area contributed by atoms with Crippen LogP contribution in [0.15, 0.2) is 71.3 Å². The number of hydrogen-bond acceptors (Lipinski definition) is 4. The van der Waals surface area contributed by atoms with Gasteiger partial charge in [0.15, 0.2) is 0 Å². The molecule has 0 spiro atoms. The van der Waals surface area contributed by atoms with E-state index in [0.29, 0.717) is 25.6 Å². The number of hydrogen-bond donors (Lipinski definition) is 1. The Morgan fingerprint density at radius 2 is 1.82 bits per heavy atom. The number of aromatic nitrogens is 1. The number of rotatable bonds is 7. The zero-order chi connectivity index (χ0) is 19.3. The van der Waals surface area contributed by atoms with E-state index in [1.807, 2.05) is 12.1 Å². The van der Waals surface area contributed by atoms with Gasteiger partial charge in [0, 0.05) is 17.5 Å². The molecule has 4 heteroatoms.